The van der Waals surface area contributed by atoms with Crippen LogP contribution < -0.4 is 10.9 Å². The molecule has 0 amide bonds. The molecule has 1 rings (SSSR count). The van der Waals surface area contributed by atoms with Crippen LogP contribution in [0.3, 0.4) is 0 Å². The topological polar surface area (TPSA) is 57.8 Å². The van der Waals surface area contributed by atoms with Crippen LogP contribution in [0, 0.1) is 13.8 Å². The first-order valence-electron chi connectivity index (χ1n) is 5.86. The van der Waals surface area contributed by atoms with E-state index in [-0.39, 0.29) is 11.6 Å². The number of aromatic nitrogens is 2. The minimum atomic E-state index is -0.0279. The smallest absolute Gasteiger partial charge is 0.255 e. The monoisotopic (exact) mass is 255 g/mol. The van der Waals surface area contributed by atoms with Crippen molar-refractivity contribution in [1.29, 1.82) is 0 Å². The molecule has 0 fully saturated rings. The summed E-state index contributed by atoms with van der Waals surface area (Å²) in [4.78, 5) is 18.9. The van der Waals surface area contributed by atoms with Crippen molar-refractivity contribution in [3.63, 3.8) is 0 Å². The molecule has 0 bridgehead atoms. The van der Waals surface area contributed by atoms with Gasteiger partial charge >= 0.3 is 0 Å². The zero-order valence-corrected chi connectivity index (χ0v) is 11.8. The maximum atomic E-state index is 11.9. The van der Waals surface area contributed by atoms with Gasteiger partial charge in [0.2, 0.25) is 0 Å². The Morgan fingerprint density at radius 1 is 1.47 bits per heavy atom. The minimum absolute atomic E-state index is 0.0279. The van der Waals surface area contributed by atoms with Gasteiger partial charge in [-0.05, 0) is 45.7 Å². The van der Waals surface area contributed by atoms with Crippen LogP contribution in [0.15, 0.2) is 4.79 Å². The molecular weight excluding hydrogens is 234 g/mol. The number of nitrogens with one attached hydrogen (secondary N) is 2. The van der Waals surface area contributed by atoms with Crippen LogP contribution in [0.1, 0.15) is 36.5 Å². The average molecular weight is 255 g/mol. The fourth-order valence-electron chi connectivity index (χ4n) is 1.88. The number of H-pyrrole nitrogens is 1. The first-order valence-corrected chi connectivity index (χ1v) is 7.25. The van der Waals surface area contributed by atoms with E-state index in [0.717, 1.165) is 30.0 Å². The van der Waals surface area contributed by atoms with Gasteiger partial charge in [0.15, 0.2) is 0 Å². The second-order valence-electron chi connectivity index (χ2n) is 4.17. The van der Waals surface area contributed by atoms with Crippen molar-refractivity contribution in [2.24, 2.45) is 0 Å². The van der Waals surface area contributed by atoms with Crippen molar-refractivity contribution in [1.82, 2.24) is 15.3 Å². The Balaban J connectivity index is 2.69. The lowest BCUT2D eigenvalue weighted by atomic mass is 10.1. The third-order valence-electron chi connectivity index (χ3n) is 2.67. The normalized spacial score (nSPS) is 12.7. The molecule has 0 aliphatic carbocycles. The molecule has 1 aromatic rings. The van der Waals surface area contributed by atoms with Gasteiger partial charge in [0.05, 0.1) is 5.56 Å². The lowest BCUT2D eigenvalue weighted by Crippen LogP contribution is -2.28. The predicted octanol–water partition coefficient (Wildman–Crippen LogP) is 1.79. The fourth-order valence-corrected chi connectivity index (χ4v) is 2.32. The molecule has 0 radical (unpaired) electrons. The largest absolute Gasteiger partial charge is 0.310 e. The average Bonchev–Trinajstić information content (AvgIpc) is 2.23. The molecule has 0 spiro atoms. The van der Waals surface area contributed by atoms with Crippen molar-refractivity contribution in [3.05, 3.63) is 27.4 Å². The summed E-state index contributed by atoms with van der Waals surface area (Å²) >= 11 is 1.84. The van der Waals surface area contributed by atoms with E-state index in [0.29, 0.717) is 5.82 Å². The second kappa shape index (κ2) is 6.81. The molecular formula is C12H21N3OS. The van der Waals surface area contributed by atoms with E-state index in [1.807, 2.05) is 25.6 Å². The van der Waals surface area contributed by atoms with E-state index in [1.165, 1.54) is 0 Å². The third-order valence-corrected chi connectivity index (χ3v) is 3.37. The molecule has 17 heavy (non-hydrogen) atoms. The molecule has 0 aliphatic rings. The lowest BCUT2D eigenvalue weighted by molar-refractivity contribution is 0.561. The summed E-state index contributed by atoms with van der Waals surface area (Å²) in [7, 11) is 0. The number of thioether (sulfide) groups is 1. The number of aryl methyl sites for hydroxylation is 2. The summed E-state index contributed by atoms with van der Waals surface area (Å²) in [5, 5.41) is 3.36. The Kier molecular flexibility index (Phi) is 5.71. The van der Waals surface area contributed by atoms with E-state index in [2.05, 4.69) is 21.5 Å². The summed E-state index contributed by atoms with van der Waals surface area (Å²) in [6.45, 7) is 6.62. The molecule has 0 aliphatic heterocycles. The number of hydrogen-bond donors (Lipinski definition) is 2. The molecule has 1 unspecified atom stereocenters. The van der Waals surface area contributed by atoms with Crippen LogP contribution in [0.5, 0.6) is 0 Å². The summed E-state index contributed by atoms with van der Waals surface area (Å²) in [6.07, 6.45) is 3.21. The standard InChI is InChI=1S/C12H21N3OS/c1-8(13-6-5-7-17-4)11-9(2)14-10(3)15-12(11)16/h8,13H,5-7H2,1-4H3,(H,14,15,16). The van der Waals surface area contributed by atoms with Crippen molar-refractivity contribution >= 4 is 11.8 Å². The molecule has 1 heterocycles. The molecule has 0 saturated heterocycles. The minimum Gasteiger partial charge on any atom is -0.310 e. The Morgan fingerprint density at radius 3 is 2.76 bits per heavy atom. The van der Waals surface area contributed by atoms with Gasteiger partial charge < -0.3 is 10.3 Å². The SMILES string of the molecule is CSCCCNC(C)c1c(C)nc(C)[nH]c1=O. The highest BCUT2D eigenvalue weighted by Gasteiger charge is 2.13. The second-order valence-corrected chi connectivity index (χ2v) is 5.16. The van der Waals surface area contributed by atoms with Crippen LogP contribution in [-0.2, 0) is 0 Å². The Labute approximate surface area is 107 Å². The van der Waals surface area contributed by atoms with Gasteiger partial charge in [0.25, 0.3) is 5.56 Å². The van der Waals surface area contributed by atoms with E-state index < -0.39 is 0 Å². The van der Waals surface area contributed by atoms with Crippen LogP contribution in [0.2, 0.25) is 0 Å². The van der Waals surface area contributed by atoms with Gasteiger partial charge in [0.1, 0.15) is 5.82 Å². The molecule has 5 heteroatoms. The summed E-state index contributed by atoms with van der Waals surface area (Å²) in [6, 6.07) is 0.0497. The van der Waals surface area contributed by atoms with Gasteiger partial charge in [-0.2, -0.15) is 11.8 Å². The summed E-state index contributed by atoms with van der Waals surface area (Å²) < 4.78 is 0. The zero-order valence-electron chi connectivity index (χ0n) is 11.0. The fraction of sp³-hybridized carbons (Fsp3) is 0.667. The van der Waals surface area contributed by atoms with Gasteiger partial charge in [-0.3, -0.25) is 4.79 Å². The van der Waals surface area contributed by atoms with Gasteiger partial charge in [-0.25, -0.2) is 4.98 Å². The highest BCUT2D eigenvalue weighted by Crippen LogP contribution is 2.10. The van der Waals surface area contributed by atoms with Crippen molar-refractivity contribution in [2.45, 2.75) is 33.2 Å². The number of aromatic amines is 1. The first kappa shape index (κ1) is 14.3. The Bertz CT molecular complexity index is 417. The molecule has 4 nitrogen and oxygen atoms in total. The zero-order chi connectivity index (χ0) is 12.8. The van der Waals surface area contributed by atoms with Crippen molar-refractivity contribution < 1.29 is 0 Å². The summed E-state index contributed by atoms with van der Waals surface area (Å²) in [5.41, 5.74) is 1.54. The van der Waals surface area contributed by atoms with Crippen LogP contribution in [-0.4, -0.2) is 28.5 Å². The van der Waals surface area contributed by atoms with Crippen LogP contribution >= 0.6 is 11.8 Å². The van der Waals surface area contributed by atoms with E-state index in [9.17, 15) is 4.79 Å². The molecule has 1 aromatic heterocycles. The number of nitrogens with zero attached hydrogens (tertiary/aromatic N) is 1. The number of rotatable bonds is 6. The van der Waals surface area contributed by atoms with Gasteiger partial charge in [-0.15, -0.1) is 0 Å². The van der Waals surface area contributed by atoms with Crippen LogP contribution in [0.4, 0.5) is 0 Å². The summed E-state index contributed by atoms with van der Waals surface area (Å²) in [5.74, 6) is 1.81. The highest BCUT2D eigenvalue weighted by atomic mass is 32.2. The first-order chi connectivity index (χ1) is 8.06. The Morgan fingerprint density at radius 2 is 2.18 bits per heavy atom. The van der Waals surface area contributed by atoms with E-state index >= 15 is 0 Å². The number of hydrogen-bond acceptors (Lipinski definition) is 4. The van der Waals surface area contributed by atoms with Crippen molar-refractivity contribution in [2.75, 3.05) is 18.6 Å². The lowest BCUT2D eigenvalue weighted by Gasteiger charge is -2.15. The van der Waals surface area contributed by atoms with E-state index in [4.69, 9.17) is 0 Å². The quantitative estimate of drug-likeness (QED) is 0.761. The molecule has 0 aromatic carbocycles. The van der Waals surface area contributed by atoms with Crippen LogP contribution in [0.25, 0.3) is 0 Å². The molecule has 1 atom stereocenters. The molecule has 0 saturated carbocycles. The van der Waals surface area contributed by atoms with Crippen molar-refractivity contribution in [3.8, 4) is 0 Å². The molecule has 96 valence electrons. The predicted molar refractivity (Wildman–Crippen MR) is 73.7 cm³/mol. The van der Waals surface area contributed by atoms with E-state index in [1.54, 1.807) is 6.92 Å². The third kappa shape index (κ3) is 4.16. The molecule has 2 N–H and O–H groups in total. The highest BCUT2D eigenvalue weighted by molar-refractivity contribution is 7.98. The maximum absolute atomic E-state index is 11.9. The Hall–Kier alpha value is -0.810. The van der Waals surface area contributed by atoms with Gasteiger partial charge in [-0.1, -0.05) is 0 Å². The maximum Gasteiger partial charge on any atom is 0.255 e. The van der Waals surface area contributed by atoms with Gasteiger partial charge in [0, 0.05) is 11.7 Å².